The van der Waals surface area contributed by atoms with Crippen LogP contribution in [0.4, 0.5) is 0 Å². The third kappa shape index (κ3) is 5.72. The van der Waals surface area contributed by atoms with Crippen molar-refractivity contribution in [2.45, 2.75) is 0 Å². The minimum absolute atomic E-state index is 0.0986. The predicted molar refractivity (Wildman–Crippen MR) is 102 cm³/mol. The van der Waals surface area contributed by atoms with E-state index in [0.717, 1.165) is 4.47 Å². The molecule has 0 spiro atoms. The molecular weight excluding hydrogens is 424 g/mol. The summed E-state index contributed by atoms with van der Waals surface area (Å²) in [7, 11) is 0. The van der Waals surface area contributed by atoms with E-state index < -0.39 is 24.3 Å². The second-order valence-corrected chi connectivity index (χ2v) is 6.44. The molecule has 0 unspecified atom stereocenters. The van der Waals surface area contributed by atoms with Crippen molar-refractivity contribution < 1.29 is 19.5 Å². The summed E-state index contributed by atoms with van der Waals surface area (Å²) in [5.41, 5.74) is 0.744. The van der Waals surface area contributed by atoms with Gasteiger partial charge in [0.1, 0.15) is 12.2 Å². The summed E-state index contributed by atoms with van der Waals surface area (Å²) in [5, 5.41) is 13.7. The molecule has 134 valence electrons. The molecule has 0 fully saturated rings. The second kappa shape index (κ2) is 9.17. The smallest absolute Gasteiger partial charge is 0.322 e. The van der Waals surface area contributed by atoms with E-state index in [1.54, 1.807) is 42.5 Å². The van der Waals surface area contributed by atoms with E-state index >= 15 is 0 Å². The van der Waals surface area contributed by atoms with Gasteiger partial charge in [0.15, 0.2) is 0 Å². The van der Waals surface area contributed by atoms with Gasteiger partial charge in [-0.2, -0.15) is 0 Å². The molecule has 0 aliphatic rings. The van der Waals surface area contributed by atoms with E-state index in [-0.39, 0.29) is 16.3 Å². The Balaban J connectivity index is 2.29. The highest BCUT2D eigenvalue weighted by Crippen LogP contribution is 2.16. The molecule has 6 nitrogen and oxygen atoms in total. The van der Waals surface area contributed by atoms with Gasteiger partial charge in [0.05, 0.1) is 10.6 Å². The van der Waals surface area contributed by atoms with Crippen molar-refractivity contribution in [1.29, 1.82) is 0 Å². The van der Waals surface area contributed by atoms with Gasteiger partial charge in [-0.3, -0.25) is 14.4 Å². The molecule has 2 aromatic rings. The Labute approximate surface area is 163 Å². The van der Waals surface area contributed by atoms with Crippen molar-refractivity contribution in [2.75, 3.05) is 6.54 Å². The first kappa shape index (κ1) is 19.7. The number of hydrogen-bond acceptors (Lipinski definition) is 3. The Morgan fingerprint density at radius 3 is 2.35 bits per heavy atom. The molecule has 2 amide bonds. The Kier molecular flexibility index (Phi) is 6.94. The summed E-state index contributed by atoms with van der Waals surface area (Å²) >= 11 is 9.31. The Bertz CT molecular complexity index is 866. The maximum Gasteiger partial charge on any atom is 0.322 e. The lowest BCUT2D eigenvalue weighted by atomic mass is 10.1. The van der Waals surface area contributed by atoms with Crippen molar-refractivity contribution in [1.82, 2.24) is 10.6 Å². The number of aliphatic carboxylic acids is 1. The van der Waals surface area contributed by atoms with Gasteiger partial charge in [0, 0.05) is 4.47 Å². The fraction of sp³-hybridized carbons (Fsp3) is 0.0556. The SMILES string of the molecule is O=C(O)CNC(=O)/C(=C/c1ccc(Br)cc1)NC(=O)c1ccccc1Cl. The monoisotopic (exact) mass is 436 g/mol. The van der Waals surface area contributed by atoms with Gasteiger partial charge in [-0.25, -0.2) is 0 Å². The zero-order valence-electron chi connectivity index (χ0n) is 13.3. The number of benzene rings is 2. The van der Waals surface area contributed by atoms with E-state index in [0.29, 0.717) is 5.56 Å². The molecule has 0 saturated carbocycles. The zero-order valence-corrected chi connectivity index (χ0v) is 15.7. The molecule has 2 rings (SSSR count). The van der Waals surface area contributed by atoms with Crippen LogP contribution in [0.2, 0.25) is 5.02 Å². The number of carboxylic acid groups (broad SMARTS) is 1. The summed E-state index contributed by atoms with van der Waals surface area (Å²) in [6.07, 6.45) is 1.44. The lowest BCUT2D eigenvalue weighted by Gasteiger charge is -2.11. The van der Waals surface area contributed by atoms with Crippen LogP contribution in [0.25, 0.3) is 6.08 Å². The number of amides is 2. The average molecular weight is 438 g/mol. The van der Waals surface area contributed by atoms with Crippen molar-refractivity contribution in [3.8, 4) is 0 Å². The fourth-order valence-corrected chi connectivity index (χ4v) is 2.46. The zero-order chi connectivity index (χ0) is 19.1. The highest BCUT2D eigenvalue weighted by atomic mass is 79.9. The van der Waals surface area contributed by atoms with Crippen molar-refractivity contribution in [3.63, 3.8) is 0 Å². The molecule has 0 radical (unpaired) electrons. The molecule has 0 aliphatic carbocycles. The maximum atomic E-state index is 12.4. The van der Waals surface area contributed by atoms with Crippen LogP contribution >= 0.6 is 27.5 Å². The molecule has 0 saturated heterocycles. The first-order valence-electron chi connectivity index (χ1n) is 7.40. The molecular formula is C18H14BrClN2O4. The number of nitrogens with one attached hydrogen (secondary N) is 2. The highest BCUT2D eigenvalue weighted by molar-refractivity contribution is 9.10. The average Bonchev–Trinajstić information content (AvgIpc) is 2.61. The molecule has 2 aromatic carbocycles. The van der Waals surface area contributed by atoms with Crippen LogP contribution in [0.5, 0.6) is 0 Å². The third-order valence-electron chi connectivity index (χ3n) is 3.19. The number of carbonyl (C=O) groups is 3. The number of rotatable bonds is 6. The minimum Gasteiger partial charge on any atom is -0.480 e. The summed E-state index contributed by atoms with van der Waals surface area (Å²) in [6, 6.07) is 13.4. The lowest BCUT2D eigenvalue weighted by Crippen LogP contribution is -2.37. The Morgan fingerprint density at radius 2 is 1.73 bits per heavy atom. The van der Waals surface area contributed by atoms with Crippen molar-refractivity contribution in [3.05, 3.63) is 74.9 Å². The molecule has 0 heterocycles. The van der Waals surface area contributed by atoms with E-state index in [4.69, 9.17) is 16.7 Å². The topological polar surface area (TPSA) is 95.5 Å². The molecule has 0 aliphatic heterocycles. The number of carboxylic acids is 1. The van der Waals surface area contributed by atoms with Crippen LogP contribution in [0.15, 0.2) is 58.7 Å². The summed E-state index contributed by atoms with van der Waals surface area (Å²) in [4.78, 5) is 35.4. The summed E-state index contributed by atoms with van der Waals surface area (Å²) in [6.45, 7) is -0.571. The second-order valence-electron chi connectivity index (χ2n) is 5.12. The van der Waals surface area contributed by atoms with Crippen molar-refractivity contribution >= 4 is 51.4 Å². The van der Waals surface area contributed by atoms with E-state index in [1.807, 2.05) is 0 Å². The van der Waals surface area contributed by atoms with E-state index in [1.165, 1.54) is 12.1 Å². The van der Waals surface area contributed by atoms with Gasteiger partial charge in [-0.1, -0.05) is 51.8 Å². The summed E-state index contributed by atoms with van der Waals surface area (Å²) < 4.78 is 0.853. The maximum absolute atomic E-state index is 12.4. The summed E-state index contributed by atoms with van der Waals surface area (Å²) in [5.74, 6) is -2.50. The highest BCUT2D eigenvalue weighted by Gasteiger charge is 2.17. The van der Waals surface area contributed by atoms with E-state index in [9.17, 15) is 14.4 Å². The van der Waals surface area contributed by atoms with Gasteiger partial charge < -0.3 is 15.7 Å². The number of hydrogen-bond donors (Lipinski definition) is 3. The van der Waals surface area contributed by atoms with Crippen LogP contribution in [-0.4, -0.2) is 29.4 Å². The first-order valence-corrected chi connectivity index (χ1v) is 8.57. The molecule has 0 bridgehead atoms. The lowest BCUT2D eigenvalue weighted by molar-refractivity contribution is -0.137. The van der Waals surface area contributed by atoms with Gasteiger partial charge >= 0.3 is 5.97 Å². The van der Waals surface area contributed by atoms with Crippen LogP contribution < -0.4 is 10.6 Å². The van der Waals surface area contributed by atoms with Gasteiger partial charge in [0.2, 0.25) is 0 Å². The minimum atomic E-state index is -1.20. The van der Waals surface area contributed by atoms with Crippen LogP contribution in [0.1, 0.15) is 15.9 Å². The van der Waals surface area contributed by atoms with E-state index in [2.05, 4.69) is 26.6 Å². The van der Waals surface area contributed by atoms with Crippen molar-refractivity contribution in [2.24, 2.45) is 0 Å². The van der Waals surface area contributed by atoms with Crippen LogP contribution in [0.3, 0.4) is 0 Å². The predicted octanol–water partition coefficient (Wildman–Crippen LogP) is 3.07. The standard InChI is InChI=1S/C18H14BrClN2O4/c19-12-7-5-11(6-8-12)9-15(18(26)21-10-16(23)24)22-17(25)13-3-1-2-4-14(13)20/h1-9H,10H2,(H,21,26)(H,22,25)(H,23,24)/b15-9-. The fourth-order valence-electron chi connectivity index (χ4n) is 1.97. The van der Waals surface area contributed by atoms with Gasteiger partial charge in [0.25, 0.3) is 11.8 Å². The third-order valence-corrected chi connectivity index (χ3v) is 4.05. The molecule has 0 aromatic heterocycles. The number of carbonyl (C=O) groups excluding carboxylic acids is 2. The quantitative estimate of drug-likeness (QED) is 0.605. The van der Waals surface area contributed by atoms with Crippen LogP contribution in [0, 0.1) is 0 Å². The van der Waals surface area contributed by atoms with Gasteiger partial charge in [-0.15, -0.1) is 0 Å². The first-order chi connectivity index (χ1) is 12.4. The molecule has 8 heteroatoms. The number of halogens is 2. The molecule has 26 heavy (non-hydrogen) atoms. The molecule has 0 atom stereocenters. The Hall–Kier alpha value is -2.64. The van der Waals surface area contributed by atoms with Gasteiger partial charge in [-0.05, 0) is 35.9 Å². The molecule has 3 N–H and O–H groups in total. The van der Waals surface area contributed by atoms with Crippen LogP contribution in [-0.2, 0) is 9.59 Å². The normalized spacial score (nSPS) is 10.9. The largest absolute Gasteiger partial charge is 0.480 e. The Morgan fingerprint density at radius 1 is 1.08 bits per heavy atom.